The first-order chi connectivity index (χ1) is 13.5. The lowest BCUT2D eigenvalue weighted by atomic mass is 10.1. The Balaban J connectivity index is 1.62. The first kappa shape index (κ1) is 19.1. The number of nitrogens with two attached hydrogens (primary N) is 1. The number of amides is 3. The van der Waals surface area contributed by atoms with Gasteiger partial charge in [0, 0.05) is 18.7 Å². The zero-order valence-electron chi connectivity index (χ0n) is 14.9. The number of nitrogens with zero attached hydrogens (tertiary/aromatic N) is 2. The summed E-state index contributed by atoms with van der Waals surface area (Å²) in [5, 5.41) is 3.50. The minimum absolute atomic E-state index is 0.261. The van der Waals surface area contributed by atoms with Gasteiger partial charge < -0.3 is 15.2 Å². The van der Waals surface area contributed by atoms with Gasteiger partial charge in [-0.25, -0.2) is 0 Å². The predicted molar refractivity (Wildman–Crippen MR) is 96.8 cm³/mol. The number of aromatic nitrogens is 1. The Labute approximate surface area is 160 Å². The summed E-state index contributed by atoms with van der Waals surface area (Å²) >= 11 is 0. The number of nitrogen functional groups attached to an aromatic ring is 1. The molecule has 3 amide bonds. The number of hydrogen-bond acceptors (Lipinski definition) is 7. The average Bonchev–Trinajstić information content (AvgIpc) is 3.13. The third-order valence-electron chi connectivity index (χ3n) is 4.31. The van der Waals surface area contributed by atoms with Gasteiger partial charge in [0.15, 0.2) is 5.69 Å². The van der Waals surface area contributed by atoms with Crippen molar-refractivity contribution in [3.63, 3.8) is 0 Å². The van der Waals surface area contributed by atoms with Gasteiger partial charge in [-0.3, -0.25) is 30.0 Å². The Kier molecular flexibility index (Phi) is 5.68. The minimum atomic E-state index is -0.974. The second-order valence-corrected chi connectivity index (χ2v) is 6.23. The standard InChI is InChI=1S/C18H19N5O5/c19-12-13(22-28-15(12)14(24)11-7-3-1-4-8-11)16(25)20-21-17(26)18(27)23-9-5-2-6-10-23/h1,3-4,7-8H,2,5-6,9-10,19H2,(H,20,25)(H,21,26). The van der Waals surface area contributed by atoms with Crippen LogP contribution in [0.25, 0.3) is 0 Å². The van der Waals surface area contributed by atoms with E-state index in [1.807, 2.05) is 5.43 Å². The molecule has 0 spiro atoms. The molecule has 0 radical (unpaired) electrons. The number of rotatable bonds is 3. The summed E-state index contributed by atoms with van der Waals surface area (Å²) in [7, 11) is 0. The molecule has 1 saturated heterocycles. The van der Waals surface area contributed by atoms with Gasteiger partial charge in [0.2, 0.25) is 11.5 Å². The van der Waals surface area contributed by atoms with E-state index < -0.39 is 23.5 Å². The molecule has 146 valence electrons. The Bertz CT molecular complexity index is 902. The largest absolute Gasteiger partial charge is 0.393 e. The summed E-state index contributed by atoms with van der Waals surface area (Å²) in [5.74, 6) is -3.43. The summed E-state index contributed by atoms with van der Waals surface area (Å²) in [6.07, 6.45) is 2.68. The fourth-order valence-corrected chi connectivity index (χ4v) is 2.81. The molecule has 10 heteroatoms. The molecule has 1 aromatic heterocycles. The third-order valence-corrected chi connectivity index (χ3v) is 4.31. The van der Waals surface area contributed by atoms with E-state index in [2.05, 4.69) is 10.6 Å². The maximum atomic E-state index is 12.4. The lowest BCUT2D eigenvalue weighted by molar-refractivity contribution is -0.146. The van der Waals surface area contributed by atoms with E-state index in [9.17, 15) is 19.2 Å². The highest BCUT2D eigenvalue weighted by Crippen LogP contribution is 2.20. The number of benzene rings is 1. The van der Waals surface area contributed by atoms with E-state index in [4.69, 9.17) is 10.3 Å². The van der Waals surface area contributed by atoms with Crippen LogP contribution in [0.5, 0.6) is 0 Å². The first-order valence-electron chi connectivity index (χ1n) is 8.73. The third kappa shape index (κ3) is 4.00. The number of hydrogen-bond donors (Lipinski definition) is 3. The van der Waals surface area contributed by atoms with Crippen LogP contribution in [0.2, 0.25) is 0 Å². The van der Waals surface area contributed by atoms with E-state index >= 15 is 0 Å². The maximum Gasteiger partial charge on any atom is 0.327 e. The molecule has 2 heterocycles. The number of anilines is 1. The molecule has 4 N–H and O–H groups in total. The smallest absolute Gasteiger partial charge is 0.327 e. The fraction of sp³-hybridized carbons (Fsp3) is 0.278. The first-order valence-corrected chi connectivity index (χ1v) is 8.73. The Morgan fingerprint density at radius 3 is 2.36 bits per heavy atom. The van der Waals surface area contributed by atoms with Gasteiger partial charge in [0.1, 0.15) is 5.69 Å². The van der Waals surface area contributed by atoms with E-state index in [0.29, 0.717) is 18.7 Å². The second-order valence-electron chi connectivity index (χ2n) is 6.23. The molecule has 1 aliphatic heterocycles. The molecule has 1 aliphatic rings. The summed E-state index contributed by atoms with van der Waals surface area (Å²) < 4.78 is 4.91. The van der Waals surface area contributed by atoms with Gasteiger partial charge in [-0.2, -0.15) is 0 Å². The van der Waals surface area contributed by atoms with Crippen molar-refractivity contribution < 1.29 is 23.7 Å². The normalized spacial score (nSPS) is 13.6. The number of piperidine rings is 1. The van der Waals surface area contributed by atoms with Gasteiger partial charge >= 0.3 is 11.8 Å². The van der Waals surface area contributed by atoms with Crippen LogP contribution in [0.4, 0.5) is 5.69 Å². The molecule has 28 heavy (non-hydrogen) atoms. The van der Waals surface area contributed by atoms with Gasteiger partial charge in [0.05, 0.1) is 0 Å². The van der Waals surface area contributed by atoms with Crippen LogP contribution in [0.3, 0.4) is 0 Å². The number of hydrazine groups is 1. The van der Waals surface area contributed by atoms with Crippen LogP contribution in [-0.2, 0) is 9.59 Å². The van der Waals surface area contributed by atoms with Crippen LogP contribution in [0.15, 0.2) is 34.9 Å². The van der Waals surface area contributed by atoms with Crippen molar-refractivity contribution in [2.45, 2.75) is 19.3 Å². The highest BCUT2D eigenvalue weighted by atomic mass is 16.5. The number of likely N-dealkylation sites (tertiary alicyclic amines) is 1. The molecule has 0 unspecified atom stereocenters. The van der Waals surface area contributed by atoms with Crippen molar-refractivity contribution in [1.82, 2.24) is 20.9 Å². The Morgan fingerprint density at radius 1 is 1.00 bits per heavy atom. The average molecular weight is 385 g/mol. The van der Waals surface area contributed by atoms with Gasteiger partial charge in [-0.1, -0.05) is 35.5 Å². The van der Waals surface area contributed by atoms with Crippen molar-refractivity contribution in [1.29, 1.82) is 0 Å². The van der Waals surface area contributed by atoms with Crippen molar-refractivity contribution >= 4 is 29.2 Å². The lowest BCUT2D eigenvalue weighted by Crippen LogP contribution is -2.51. The molecule has 0 saturated carbocycles. The Morgan fingerprint density at radius 2 is 1.68 bits per heavy atom. The molecular weight excluding hydrogens is 366 g/mol. The second kappa shape index (κ2) is 8.33. The molecule has 1 fully saturated rings. The van der Waals surface area contributed by atoms with Crippen molar-refractivity contribution in [2.24, 2.45) is 0 Å². The van der Waals surface area contributed by atoms with Crippen molar-refractivity contribution in [3.05, 3.63) is 47.3 Å². The molecule has 1 aromatic carbocycles. The molecule has 3 rings (SSSR count). The van der Waals surface area contributed by atoms with Crippen molar-refractivity contribution in [3.8, 4) is 0 Å². The monoisotopic (exact) mass is 385 g/mol. The van der Waals surface area contributed by atoms with Gasteiger partial charge in [-0.15, -0.1) is 0 Å². The van der Waals surface area contributed by atoms with E-state index in [1.165, 1.54) is 4.90 Å². The number of carbonyl (C=O) groups is 4. The Hall–Kier alpha value is -3.69. The van der Waals surface area contributed by atoms with Gasteiger partial charge in [-0.05, 0) is 19.3 Å². The highest BCUT2D eigenvalue weighted by molar-refractivity contribution is 6.35. The van der Waals surface area contributed by atoms with E-state index in [1.54, 1.807) is 30.3 Å². The minimum Gasteiger partial charge on any atom is -0.393 e. The maximum absolute atomic E-state index is 12.4. The van der Waals surface area contributed by atoms with Crippen molar-refractivity contribution in [2.75, 3.05) is 18.8 Å². The molecular formula is C18H19N5O5. The summed E-state index contributed by atoms with van der Waals surface area (Å²) in [6.45, 7) is 1.00. The molecule has 0 aliphatic carbocycles. The van der Waals surface area contributed by atoms with E-state index in [0.717, 1.165) is 19.3 Å². The SMILES string of the molecule is Nc1c(C(=O)NNC(=O)C(=O)N2CCCCC2)noc1C(=O)c1ccccc1. The zero-order chi connectivity index (χ0) is 20.1. The highest BCUT2D eigenvalue weighted by Gasteiger charge is 2.27. The number of carbonyl (C=O) groups excluding carboxylic acids is 4. The zero-order valence-corrected chi connectivity index (χ0v) is 14.9. The lowest BCUT2D eigenvalue weighted by Gasteiger charge is -2.25. The molecule has 0 bridgehead atoms. The molecule has 10 nitrogen and oxygen atoms in total. The van der Waals surface area contributed by atoms with Crippen LogP contribution >= 0.6 is 0 Å². The summed E-state index contributed by atoms with van der Waals surface area (Å²) in [6, 6.07) is 8.21. The number of nitrogens with one attached hydrogen (secondary N) is 2. The number of ketones is 1. The quantitative estimate of drug-likeness (QED) is 0.390. The summed E-state index contributed by atoms with van der Waals surface area (Å²) in [5.41, 5.74) is 9.56. The van der Waals surface area contributed by atoms with Crippen LogP contribution in [0, 0.1) is 0 Å². The van der Waals surface area contributed by atoms with Crippen LogP contribution in [0.1, 0.15) is 45.9 Å². The van der Waals surface area contributed by atoms with Gasteiger partial charge in [0.25, 0.3) is 5.91 Å². The summed E-state index contributed by atoms with van der Waals surface area (Å²) in [4.78, 5) is 49.9. The molecule has 0 atom stereocenters. The topological polar surface area (TPSA) is 148 Å². The van der Waals surface area contributed by atoms with E-state index in [-0.39, 0.29) is 17.1 Å². The van der Waals surface area contributed by atoms with Crippen LogP contribution in [-0.4, -0.2) is 46.7 Å². The fourth-order valence-electron chi connectivity index (χ4n) is 2.81. The van der Waals surface area contributed by atoms with Crippen LogP contribution < -0.4 is 16.6 Å². The predicted octanol–water partition coefficient (Wildman–Crippen LogP) is 0.261. The molecule has 2 aromatic rings.